The van der Waals surface area contributed by atoms with E-state index in [1.807, 2.05) is 12.1 Å². The second kappa shape index (κ2) is 6.09. The van der Waals surface area contributed by atoms with Gasteiger partial charge in [-0.1, -0.05) is 0 Å². The highest BCUT2D eigenvalue weighted by Gasteiger charge is 2.53. The van der Waals surface area contributed by atoms with E-state index in [0.717, 1.165) is 31.1 Å². The predicted octanol–water partition coefficient (Wildman–Crippen LogP) is 1.25. The molecule has 0 bridgehead atoms. The van der Waals surface area contributed by atoms with Crippen LogP contribution >= 0.6 is 0 Å². The summed E-state index contributed by atoms with van der Waals surface area (Å²) in [6, 6.07) is 3.86. The van der Waals surface area contributed by atoms with Gasteiger partial charge in [-0.25, -0.2) is 4.98 Å². The Labute approximate surface area is 136 Å². The lowest BCUT2D eigenvalue weighted by Crippen LogP contribution is -2.42. The standard InChI is InChI=1S/C17H24N4O2/c22-16(17-11-18-9-13(17)10-23-12-17)20-14-4-5-19-15(8-14)21-6-2-1-3-7-21/h4-5,8,13,18H,1-3,6-7,9-12H2,(H,19,20,22)/t13-,17-/m0/s1. The minimum absolute atomic E-state index is 0.0702. The maximum absolute atomic E-state index is 12.8. The monoisotopic (exact) mass is 316 g/mol. The normalized spacial score (nSPS) is 30.3. The van der Waals surface area contributed by atoms with Crippen molar-refractivity contribution in [3.63, 3.8) is 0 Å². The lowest BCUT2D eigenvalue weighted by Gasteiger charge is -2.28. The number of hydrogen-bond donors (Lipinski definition) is 2. The van der Waals surface area contributed by atoms with Crippen LogP contribution in [0.5, 0.6) is 0 Å². The fraction of sp³-hybridized carbons (Fsp3) is 0.647. The van der Waals surface area contributed by atoms with Crippen molar-refractivity contribution in [1.29, 1.82) is 0 Å². The zero-order valence-electron chi connectivity index (χ0n) is 13.4. The molecule has 4 rings (SSSR count). The van der Waals surface area contributed by atoms with Gasteiger partial charge in [0.2, 0.25) is 5.91 Å². The van der Waals surface area contributed by atoms with Crippen molar-refractivity contribution < 1.29 is 9.53 Å². The van der Waals surface area contributed by atoms with Crippen molar-refractivity contribution in [2.45, 2.75) is 19.3 Å². The summed E-state index contributed by atoms with van der Waals surface area (Å²) < 4.78 is 5.57. The SMILES string of the molecule is O=C(Nc1ccnc(N2CCCCC2)c1)[C@]12CNC[C@H]1COC2. The first-order valence-electron chi connectivity index (χ1n) is 8.59. The smallest absolute Gasteiger partial charge is 0.234 e. The van der Waals surface area contributed by atoms with Gasteiger partial charge in [0.1, 0.15) is 5.82 Å². The molecule has 6 nitrogen and oxygen atoms in total. The van der Waals surface area contributed by atoms with E-state index in [9.17, 15) is 4.79 Å². The number of fused-ring (bicyclic) bond motifs is 1. The third-order valence-electron chi connectivity index (χ3n) is 5.43. The zero-order chi connectivity index (χ0) is 15.7. The molecule has 3 aliphatic heterocycles. The summed E-state index contributed by atoms with van der Waals surface area (Å²) in [5.41, 5.74) is 0.423. The van der Waals surface area contributed by atoms with Gasteiger partial charge in [-0.15, -0.1) is 0 Å². The van der Waals surface area contributed by atoms with Crippen LogP contribution in [-0.2, 0) is 9.53 Å². The summed E-state index contributed by atoms with van der Waals surface area (Å²) >= 11 is 0. The number of hydrogen-bond acceptors (Lipinski definition) is 5. The Morgan fingerprint density at radius 3 is 3.13 bits per heavy atom. The molecule has 1 aromatic rings. The van der Waals surface area contributed by atoms with Gasteiger partial charge >= 0.3 is 0 Å². The van der Waals surface area contributed by atoms with E-state index in [1.165, 1.54) is 19.3 Å². The van der Waals surface area contributed by atoms with Crippen LogP contribution in [0.3, 0.4) is 0 Å². The first-order valence-corrected chi connectivity index (χ1v) is 8.59. The number of pyridine rings is 1. The van der Waals surface area contributed by atoms with Crippen molar-refractivity contribution in [3.8, 4) is 0 Å². The highest BCUT2D eigenvalue weighted by molar-refractivity contribution is 5.96. The molecule has 4 heterocycles. The van der Waals surface area contributed by atoms with E-state index >= 15 is 0 Å². The second-order valence-corrected chi connectivity index (χ2v) is 6.90. The Hall–Kier alpha value is -1.66. The highest BCUT2D eigenvalue weighted by Crippen LogP contribution is 2.38. The summed E-state index contributed by atoms with van der Waals surface area (Å²) in [6.45, 7) is 4.86. The molecule has 3 fully saturated rings. The number of piperidine rings is 1. The van der Waals surface area contributed by atoms with Gasteiger partial charge in [-0.2, -0.15) is 0 Å². The quantitative estimate of drug-likeness (QED) is 0.878. The first-order chi connectivity index (χ1) is 11.3. The number of carbonyl (C=O) groups excluding carboxylic acids is 1. The third kappa shape index (κ3) is 2.70. The maximum Gasteiger partial charge on any atom is 0.234 e. The van der Waals surface area contributed by atoms with Gasteiger partial charge in [0.15, 0.2) is 0 Å². The average molecular weight is 316 g/mol. The first kappa shape index (κ1) is 14.9. The minimum atomic E-state index is -0.408. The van der Waals surface area contributed by atoms with Gasteiger partial charge in [0.25, 0.3) is 0 Å². The molecule has 0 spiro atoms. The van der Waals surface area contributed by atoms with Crippen molar-refractivity contribution in [1.82, 2.24) is 10.3 Å². The Morgan fingerprint density at radius 1 is 1.39 bits per heavy atom. The fourth-order valence-corrected chi connectivity index (χ4v) is 3.96. The topological polar surface area (TPSA) is 66.5 Å². The lowest BCUT2D eigenvalue weighted by atomic mass is 9.80. The molecule has 23 heavy (non-hydrogen) atoms. The van der Waals surface area contributed by atoms with E-state index in [-0.39, 0.29) is 11.8 Å². The Morgan fingerprint density at radius 2 is 2.26 bits per heavy atom. The Balaban J connectivity index is 1.49. The molecule has 0 aromatic carbocycles. The van der Waals surface area contributed by atoms with E-state index in [4.69, 9.17) is 4.74 Å². The van der Waals surface area contributed by atoms with Crippen LogP contribution in [0.25, 0.3) is 0 Å². The molecule has 1 amide bonds. The number of nitrogens with zero attached hydrogens (tertiary/aromatic N) is 2. The van der Waals surface area contributed by atoms with Gasteiger partial charge in [-0.05, 0) is 25.3 Å². The van der Waals surface area contributed by atoms with Crippen LogP contribution in [-0.4, -0.2) is 50.3 Å². The second-order valence-electron chi connectivity index (χ2n) is 6.90. The van der Waals surface area contributed by atoms with Gasteiger partial charge < -0.3 is 20.3 Å². The molecule has 3 aliphatic rings. The van der Waals surface area contributed by atoms with E-state index < -0.39 is 5.41 Å². The van der Waals surface area contributed by atoms with Crippen molar-refractivity contribution in [3.05, 3.63) is 18.3 Å². The summed E-state index contributed by atoms with van der Waals surface area (Å²) in [4.78, 5) is 19.6. The molecule has 6 heteroatoms. The molecule has 0 aliphatic carbocycles. The molecular weight excluding hydrogens is 292 g/mol. The van der Waals surface area contributed by atoms with Gasteiger partial charge in [0.05, 0.1) is 18.6 Å². The minimum Gasteiger partial charge on any atom is -0.380 e. The number of ether oxygens (including phenoxy) is 1. The molecule has 2 atom stereocenters. The molecular formula is C17H24N4O2. The van der Waals surface area contributed by atoms with Crippen molar-refractivity contribution in [2.24, 2.45) is 11.3 Å². The zero-order valence-corrected chi connectivity index (χ0v) is 13.4. The van der Waals surface area contributed by atoms with Gasteiger partial charge in [-0.3, -0.25) is 4.79 Å². The summed E-state index contributed by atoms with van der Waals surface area (Å²) in [7, 11) is 0. The lowest BCUT2D eigenvalue weighted by molar-refractivity contribution is -0.125. The molecule has 0 radical (unpaired) electrons. The highest BCUT2D eigenvalue weighted by atomic mass is 16.5. The molecule has 3 saturated heterocycles. The van der Waals surface area contributed by atoms with Crippen LogP contribution in [0, 0.1) is 11.3 Å². The Kier molecular flexibility index (Phi) is 3.95. The average Bonchev–Trinajstić information content (AvgIpc) is 3.17. The van der Waals surface area contributed by atoms with Crippen molar-refractivity contribution in [2.75, 3.05) is 49.6 Å². The molecule has 0 saturated carbocycles. The van der Waals surface area contributed by atoms with Crippen LogP contribution in [0.1, 0.15) is 19.3 Å². The largest absolute Gasteiger partial charge is 0.380 e. The van der Waals surface area contributed by atoms with Crippen LogP contribution in [0.2, 0.25) is 0 Å². The van der Waals surface area contributed by atoms with Crippen LogP contribution in [0.15, 0.2) is 18.3 Å². The molecule has 1 aromatic heterocycles. The Bertz CT molecular complexity index is 576. The number of nitrogens with one attached hydrogen (secondary N) is 2. The van der Waals surface area contributed by atoms with Crippen molar-refractivity contribution >= 4 is 17.4 Å². The molecule has 2 N–H and O–H groups in total. The van der Waals surface area contributed by atoms with Gasteiger partial charge in [0, 0.05) is 50.0 Å². The number of carbonyl (C=O) groups is 1. The van der Waals surface area contributed by atoms with Crippen LogP contribution < -0.4 is 15.5 Å². The number of aromatic nitrogens is 1. The van der Waals surface area contributed by atoms with E-state index in [1.54, 1.807) is 6.20 Å². The fourth-order valence-electron chi connectivity index (χ4n) is 3.96. The number of rotatable bonds is 3. The predicted molar refractivity (Wildman–Crippen MR) is 88.5 cm³/mol. The number of anilines is 2. The van der Waals surface area contributed by atoms with Crippen LogP contribution in [0.4, 0.5) is 11.5 Å². The summed E-state index contributed by atoms with van der Waals surface area (Å²) in [6.07, 6.45) is 5.51. The molecule has 0 unspecified atom stereocenters. The summed E-state index contributed by atoms with van der Waals surface area (Å²) in [5.74, 6) is 1.32. The third-order valence-corrected chi connectivity index (χ3v) is 5.43. The molecule has 124 valence electrons. The van der Waals surface area contributed by atoms with E-state index in [0.29, 0.717) is 19.8 Å². The maximum atomic E-state index is 12.8. The van der Waals surface area contributed by atoms with E-state index in [2.05, 4.69) is 20.5 Å². The summed E-state index contributed by atoms with van der Waals surface area (Å²) in [5, 5.41) is 6.43. The number of amides is 1.